The molecule has 1 amide bonds. The van der Waals surface area contributed by atoms with Gasteiger partial charge in [-0.1, -0.05) is 19.1 Å². The molecule has 1 unspecified atom stereocenters. The zero-order valence-electron chi connectivity index (χ0n) is 11.4. The summed E-state index contributed by atoms with van der Waals surface area (Å²) in [5.74, 6) is 3.09. The van der Waals surface area contributed by atoms with Crippen molar-refractivity contribution in [2.24, 2.45) is 5.92 Å². The van der Waals surface area contributed by atoms with Crippen LogP contribution in [-0.2, 0) is 0 Å². The van der Waals surface area contributed by atoms with Crippen LogP contribution < -0.4 is 10.6 Å². The lowest BCUT2D eigenvalue weighted by molar-refractivity contribution is 0.0949. The van der Waals surface area contributed by atoms with Gasteiger partial charge >= 0.3 is 0 Å². The fourth-order valence-electron chi connectivity index (χ4n) is 2.17. The standard InChI is InChI=1S/C15H22N2OS/c1-2-8-16-14-6-4-3-5-13(14)15(18)17-10-12-7-9-19-11-12/h3-6,12,16H,2,7-11H2,1H3,(H,17,18). The number of thioether (sulfide) groups is 1. The molecule has 0 bridgehead atoms. The van der Waals surface area contributed by atoms with Crippen LogP contribution in [-0.4, -0.2) is 30.5 Å². The number of para-hydroxylation sites is 1. The predicted molar refractivity (Wildman–Crippen MR) is 83.0 cm³/mol. The van der Waals surface area contributed by atoms with E-state index in [0.717, 1.165) is 30.8 Å². The first-order valence-corrected chi connectivity index (χ1v) is 8.15. The predicted octanol–water partition coefficient (Wildman–Crippen LogP) is 2.99. The Bertz CT molecular complexity index is 416. The van der Waals surface area contributed by atoms with Gasteiger partial charge in [-0.2, -0.15) is 11.8 Å². The fourth-order valence-corrected chi connectivity index (χ4v) is 3.46. The van der Waals surface area contributed by atoms with Crippen LogP contribution in [0.15, 0.2) is 24.3 Å². The third-order valence-electron chi connectivity index (χ3n) is 3.31. The van der Waals surface area contributed by atoms with Crippen molar-refractivity contribution in [1.82, 2.24) is 5.32 Å². The van der Waals surface area contributed by atoms with Gasteiger partial charge in [0.15, 0.2) is 0 Å². The van der Waals surface area contributed by atoms with E-state index in [0.29, 0.717) is 5.92 Å². The lowest BCUT2D eigenvalue weighted by atomic mass is 10.1. The molecular formula is C15H22N2OS. The van der Waals surface area contributed by atoms with E-state index in [1.54, 1.807) is 0 Å². The van der Waals surface area contributed by atoms with E-state index in [9.17, 15) is 4.79 Å². The summed E-state index contributed by atoms with van der Waals surface area (Å²) >= 11 is 1.98. The molecule has 1 fully saturated rings. The highest BCUT2D eigenvalue weighted by atomic mass is 32.2. The zero-order valence-corrected chi connectivity index (χ0v) is 12.3. The van der Waals surface area contributed by atoms with Gasteiger partial charge in [-0.3, -0.25) is 4.79 Å². The van der Waals surface area contributed by atoms with E-state index in [1.165, 1.54) is 17.9 Å². The highest BCUT2D eigenvalue weighted by molar-refractivity contribution is 7.99. The van der Waals surface area contributed by atoms with Gasteiger partial charge in [0.05, 0.1) is 5.56 Å². The summed E-state index contributed by atoms with van der Waals surface area (Å²) in [6.45, 7) is 3.81. The molecule has 4 heteroatoms. The maximum Gasteiger partial charge on any atom is 0.253 e. The summed E-state index contributed by atoms with van der Waals surface area (Å²) in [7, 11) is 0. The first kappa shape index (κ1) is 14.3. The topological polar surface area (TPSA) is 41.1 Å². The highest BCUT2D eigenvalue weighted by Crippen LogP contribution is 2.23. The molecule has 0 spiro atoms. The van der Waals surface area contributed by atoms with Gasteiger partial charge in [-0.15, -0.1) is 0 Å². The largest absolute Gasteiger partial charge is 0.384 e. The molecule has 0 saturated carbocycles. The Morgan fingerprint density at radius 3 is 3.00 bits per heavy atom. The molecule has 2 N–H and O–H groups in total. The summed E-state index contributed by atoms with van der Waals surface area (Å²) in [6, 6.07) is 7.73. The number of rotatable bonds is 6. The molecule has 1 atom stereocenters. The number of carbonyl (C=O) groups is 1. The van der Waals surface area contributed by atoms with Gasteiger partial charge in [0.25, 0.3) is 5.91 Å². The van der Waals surface area contributed by atoms with Crippen LogP contribution in [0.1, 0.15) is 30.1 Å². The number of benzene rings is 1. The van der Waals surface area contributed by atoms with Crippen molar-refractivity contribution in [2.45, 2.75) is 19.8 Å². The van der Waals surface area contributed by atoms with Gasteiger partial charge in [0.2, 0.25) is 0 Å². The van der Waals surface area contributed by atoms with Crippen molar-refractivity contribution in [3.63, 3.8) is 0 Å². The van der Waals surface area contributed by atoms with E-state index in [2.05, 4.69) is 17.6 Å². The molecule has 0 aliphatic carbocycles. The smallest absolute Gasteiger partial charge is 0.253 e. The Hall–Kier alpha value is -1.16. The molecule has 104 valence electrons. The van der Waals surface area contributed by atoms with E-state index in [-0.39, 0.29) is 5.91 Å². The van der Waals surface area contributed by atoms with Crippen molar-refractivity contribution in [2.75, 3.05) is 29.9 Å². The summed E-state index contributed by atoms with van der Waals surface area (Å²) in [4.78, 5) is 12.2. The number of nitrogens with one attached hydrogen (secondary N) is 2. The van der Waals surface area contributed by atoms with Crippen molar-refractivity contribution in [3.05, 3.63) is 29.8 Å². The van der Waals surface area contributed by atoms with E-state index in [1.807, 2.05) is 36.0 Å². The molecule has 1 aromatic rings. The number of anilines is 1. The maximum atomic E-state index is 12.2. The third kappa shape index (κ3) is 4.16. The SMILES string of the molecule is CCCNc1ccccc1C(=O)NCC1CCSC1. The summed E-state index contributed by atoms with van der Waals surface area (Å²) < 4.78 is 0. The van der Waals surface area contributed by atoms with Gasteiger partial charge in [0, 0.05) is 18.8 Å². The van der Waals surface area contributed by atoms with Crippen molar-refractivity contribution < 1.29 is 4.79 Å². The first-order chi connectivity index (χ1) is 9.31. The minimum absolute atomic E-state index is 0.0381. The molecule has 3 nitrogen and oxygen atoms in total. The quantitative estimate of drug-likeness (QED) is 0.840. The minimum atomic E-state index is 0.0381. The molecular weight excluding hydrogens is 256 g/mol. The van der Waals surface area contributed by atoms with E-state index < -0.39 is 0 Å². The Kier molecular flexibility index (Phi) is 5.58. The number of hydrogen-bond acceptors (Lipinski definition) is 3. The van der Waals surface area contributed by atoms with Crippen LogP contribution in [0.3, 0.4) is 0 Å². The van der Waals surface area contributed by atoms with Crippen molar-refractivity contribution >= 4 is 23.4 Å². The van der Waals surface area contributed by atoms with Crippen molar-refractivity contribution in [1.29, 1.82) is 0 Å². The third-order valence-corrected chi connectivity index (χ3v) is 4.54. The van der Waals surface area contributed by atoms with Crippen LogP contribution in [0.5, 0.6) is 0 Å². The van der Waals surface area contributed by atoms with Crippen LogP contribution in [0.4, 0.5) is 5.69 Å². The molecule has 19 heavy (non-hydrogen) atoms. The van der Waals surface area contributed by atoms with Crippen LogP contribution in [0.25, 0.3) is 0 Å². The number of amides is 1. The maximum absolute atomic E-state index is 12.2. The molecule has 2 rings (SSSR count). The van der Waals surface area contributed by atoms with Gasteiger partial charge in [-0.05, 0) is 42.4 Å². The molecule has 1 aliphatic heterocycles. The van der Waals surface area contributed by atoms with Gasteiger partial charge in [0.1, 0.15) is 0 Å². The van der Waals surface area contributed by atoms with Crippen LogP contribution >= 0.6 is 11.8 Å². The van der Waals surface area contributed by atoms with Crippen LogP contribution in [0, 0.1) is 5.92 Å². The summed E-state index contributed by atoms with van der Waals surface area (Å²) in [5.41, 5.74) is 1.68. The van der Waals surface area contributed by atoms with Crippen molar-refractivity contribution in [3.8, 4) is 0 Å². The lowest BCUT2D eigenvalue weighted by Gasteiger charge is -2.13. The average molecular weight is 278 g/mol. The van der Waals surface area contributed by atoms with Gasteiger partial charge < -0.3 is 10.6 Å². The molecule has 1 aromatic carbocycles. The molecule has 1 saturated heterocycles. The minimum Gasteiger partial charge on any atom is -0.384 e. The molecule has 0 aromatic heterocycles. The monoisotopic (exact) mass is 278 g/mol. The van der Waals surface area contributed by atoms with Gasteiger partial charge in [-0.25, -0.2) is 0 Å². The van der Waals surface area contributed by atoms with E-state index in [4.69, 9.17) is 0 Å². The molecule has 1 heterocycles. The Morgan fingerprint density at radius 2 is 2.26 bits per heavy atom. The first-order valence-electron chi connectivity index (χ1n) is 7.00. The molecule has 0 radical (unpaired) electrons. The normalized spacial score (nSPS) is 18.3. The second kappa shape index (κ2) is 7.43. The van der Waals surface area contributed by atoms with Crippen LogP contribution in [0.2, 0.25) is 0 Å². The average Bonchev–Trinajstić information content (AvgIpc) is 2.96. The highest BCUT2D eigenvalue weighted by Gasteiger charge is 2.17. The second-order valence-corrected chi connectivity index (χ2v) is 6.06. The Morgan fingerprint density at radius 1 is 1.42 bits per heavy atom. The summed E-state index contributed by atoms with van der Waals surface area (Å²) in [5, 5.41) is 6.37. The number of hydrogen-bond donors (Lipinski definition) is 2. The van der Waals surface area contributed by atoms with E-state index >= 15 is 0 Å². The Labute approximate surface area is 119 Å². The lowest BCUT2D eigenvalue weighted by Crippen LogP contribution is -2.29. The fraction of sp³-hybridized carbons (Fsp3) is 0.533. The second-order valence-electron chi connectivity index (χ2n) is 4.91. The zero-order chi connectivity index (χ0) is 13.5. The molecule has 1 aliphatic rings. The summed E-state index contributed by atoms with van der Waals surface area (Å²) in [6.07, 6.45) is 2.27. The number of carbonyl (C=O) groups excluding carboxylic acids is 1. The Balaban J connectivity index is 1.93.